The van der Waals surface area contributed by atoms with Crippen molar-refractivity contribution in [3.05, 3.63) is 121 Å². The molecular weight excluding hydrogens is 526 g/mol. The topological polar surface area (TPSA) is 76.7 Å². The lowest BCUT2D eigenvalue weighted by Crippen LogP contribution is -2.38. The molecule has 5 rings (SSSR count). The van der Waals surface area contributed by atoms with Crippen LogP contribution in [0.1, 0.15) is 25.7 Å². The first-order chi connectivity index (χ1) is 19.0. The molecule has 1 aliphatic rings. The van der Waals surface area contributed by atoms with Crippen molar-refractivity contribution in [2.24, 2.45) is 5.92 Å². The SMILES string of the molecule is O=P(NC1CCCC(CNP(=O)(c2ccccc2)c2ccccc2)C1)(Oc1ccccc1)Oc1ccccc1. The van der Waals surface area contributed by atoms with Crippen LogP contribution in [0.2, 0.25) is 0 Å². The van der Waals surface area contributed by atoms with Gasteiger partial charge in [0.1, 0.15) is 11.5 Å². The Bertz CT molecular complexity index is 1320. The van der Waals surface area contributed by atoms with Gasteiger partial charge in [-0.05, 0) is 73.7 Å². The van der Waals surface area contributed by atoms with E-state index in [0.717, 1.165) is 36.3 Å². The summed E-state index contributed by atoms with van der Waals surface area (Å²) in [5.74, 6) is 1.20. The zero-order valence-corrected chi connectivity index (χ0v) is 23.6. The summed E-state index contributed by atoms with van der Waals surface area (Å²) in [7, 11) is -6.75. The Balaban J connectivity index is 1.29. The number of hydrogen-bond acceptors (Lipinski definition) is 4. The summed E-state index contributed by atoms with van der Waals surface area (Å²) in [6, 6.07) is 37.3. The molecule has 1 fully saturated rings. The van der Waals surface area contributed by atoms with E-state index < -0.39 is 15.0 Å². The fraction of sp³-hybridized carbons (Fsp3) is 0.226. The van der Waals surface area contributed by atoms with E-state index in [-0.39, 0.29) is 12.0 Å². The number of rotatable bonds is 11. The van der Waals surface area contributed by atoms with Crippen LogP contribution >= 0.6 is 15.0 Å². The van der Waals surface area contributed by atoms with Crippen molar-refractivity contribution in [3.8, 4) is 11.5 Å². The molecule has 2 unspecified atom stereocenters. The summed E-state index contributed by atoms with van der Waals surface area (Å²) in [6.45, 7) is 0.586. The molecule has 1 saturated carbocycles. The molecule has 0 saturated heterocycles. The van der Waals surface area contributed by atoms with Crippen LogP contribution in [-0.2, 0) is 9.13 Å². The van der Waals surface area contributed by atoms with Gasteiger partial charge in [-0.15, -0.1) is 0 Å². The van der Waals surface area contributed by atoms with Gasteiger partial charge in [0, 0.05) is 23.2 Å². The standard InChI is InChI=1S/C31H34N2O4P2/c34-38(30-20-9-3-10-21-30,31-22-11-4-12-23-31)32-25-26-14-13-15-27(24-26)33-39(35,36-28-16-5-1-6-17-28)37-29-18-7-2-8-19-29/h1-12,16-23,26-27H,13-15,24-25H2,(H,32,34)(H,33,35). The lowest BCUT2D eigenvalue weighted by molar-refractivity contribution is 0.287. The molecule has 0 spiro atoms. The molecule has 0 aromatic heterocycles. The first kappa shape index (κ1) is 27.4. The van der Waals surface area contributed by atoms with Gasteiger partial charge in [-0.25, -0.2) is 4.57 Å². The summed E-state index contributed by atoms with van der Waals surface area (Å²) < 4.78 is 40.2. The Morgan fingerprint density at radius 3 is 1.59 bits per heavy atom. The normalized spacial score (nSPS) is 17.8. The Morgan fingerprint density at radius 1 is 0.641 bits per heavy atom. The molecule has 0 radical (unpaired) electrons. The van der Waals surface area contributed by atoms with Gasteiger partial charge in [0.2, 0.25) is 7.29 Å². The largest absolute Gasteiger partial charge is 0.513 e. The number of hydrogen-bond donors (Lipinski definition) is 2. The molecule has 2 atom stereocenters. The second-order valence-corrected chi connectivity index (χ2v) is 14.0. The fourth-order valence-electron chi connectivity index (χ4n) is 4.99. The van der Waals surface area contributed by atoms with Gasteiger partial charge in [-0.2, -0.15) is 5.09 Å². The van der Waals surface area contributed by atoms with Crippen LogP contribution in [0.25, 0.3) is 0 Å². The maximum atomic E-state index is 14.4. The number of para-hydroxylation sites is 2. The summed E-state index contributed by atoms with van der Waals surface area (Å²) in [5, 5.41) is 8.27. The molecule has 4 aromatic rings. The highest BCUT2D eigenvalue weighted by atomic mass is 31.2. The molecule has 2 N–H and O–H groups in total. The van der Waals surface area contributed by atoms with Crippen LogP contribution in [0.5, 0.6) is 11.5 Å². The second-order valence-electron chi connectivity index (χ2n) is 9.81. The molecule has 202 valence electrons. The molecule has 39 heavy (non-hydrogen) atoms. The third-order valence-corrected chi connectivity index (χ3v) is 11.2. The molecule has 8 heteroatoms. The van der Waals surface area contributed by atoms with E-state index in [1.54, 1.807) is 24.3 Å². The highest BCUT2D eigenvalue weighted by Crippen LogP contribution is 2.47. The van der Waals surface area contributed by atoms with E-state index in [1.807, 2.05) is 97.1 Å². The highest BCUT2D eigenvalue weighted by molar-refractivity contribution is 7.76. The average Bonchev–Trinajstić information content (AvgIpc) is 2.98. The zero-order valence-electron chi connectivity index (χ0n) is 21.8. The Morgan fingerprint density at radius 2 is 1.10 bits per heavy atom. The molecule has 0 aliphatic heterocycles. The van der Waals surface area contributed by atoms with Crippen LogP contribution in [-0.4, -0.2) is 12.6 Å². The number of benzene rings is 4. The Kier molecular flexibility index (Phi) is 9.01. The van der Waals surface area contributed by atoms with Crippen LogP contribution < -0.4 is 29.8 Å². The van der Waals surface area contributed by atoms with Crippen molar-refractivity contribution < 1.29 is 18.2 Å². The molecule has 0 bridgehead atoms. The van der Waals surface area contributed by atoms with Crippen molar-refractivity contribution in [2.75, 3.05) is 6.54 Å². The molecule has 1 aliphatic carbocycles. The monoisotopic (exact) mass is 560 g/mol. The van der Waals surface area contributed by atoms with Crippen molar-refractivity contribution >= 4 is 25.6 Å². The second kappa shape index (κ2) is 12.8. The first-order valence-electron chi connectivity index (χ1n) is 13.4. The van der Waals surface area contributed by atoms with Crippen LogP contribution in [0.4, 0.5) is 0 Å². The van der Waals surface area contributed by atoms with Crippen LogP contribution in [0, 0.1) is 5.92 Å². The van der Waals surface area contributed by atoms with E-state index in [0.29, 0.717) is 18.0 Å². The molecular formula is C31H34N2O4P2. The van der Waals surface area contributed by atoms with Crippen LogP contribution in [0.3, 0.4) is 0 Å². The maximum Gasteiger partial charge on any atom is 0.513 e. The van der Waals surface area contributed by atoms with E-state index in [9.17, 15) is 9.13 Å². The van der Waals surface area contributed by atoms with Crippen molar-refractivity contribution in [1.29, 1.82) is 0 Å². The van der Waals surface area contributed by atoms with Crippen molar-refractivity contribution in [2.45, 2.75) is 31.7 Å². The average molecular weight is 561 g/mol. The van der Waals surface area contributed by atoms with Gasteiger partial charge in [-0.1, -0.05) is 79.2 Å². The smallest absolute Gasteiger partial charge is 0.405 e. The van der Waals surface area contributed by atoms with E-state index in [4.69, 9.17) is 9.05 Å². The maximum absolute atomic E-state index is 14.4. The molecule has 6 nitrogen and oxygen atoms in total. The Labute approximate surface area is 230 Å². The highest BCUT2D eigenvalue weighted by Gasteiger charge is 2.35. The van der Waals surface area contributed by atoms with Gasteiger partial charge in [0.25, 0.3) is 0 Å². The minimum absolute atomic E-state index is 0.0726. The summed E-state index contributed by atoms with van der Waals surface area (Å²) in [5.41, 5.74) is 0. The molecule has 0 heterocycles. The van der Waals surface area contributed by atoms with E-state index >= 15 is 0 Å². The van der Waals surface area contributed by atoms with E-state index in [1.165, 1.54) is 0 Å². The molecule has 0 amide bonds. The third kappa shape index (κ3) is 7.29. The van der Waals surface area contributed by atoms with Gasteiger partial charge in [-0.3, -0.25) is 9.65 Å². The number of nitrogens with one attached hydrogen (secondary N) is 2. The van der Waals surface area contributed by atoms with Gasteiger partial charge >= 0.3 is 7.75 Å². The summed E-state index contributed by atoms with van der Waals surface area (Å²) >= 11 is 0. The predicted molar refractivity (Wildman–Crippen MR) is 158 cm³/mol. The first-order valence-corrected chi connectivity index (χ1v) is 16.6. The predicted octanol–water partition coefficient (Wildman–Crippen LogP) is 6.92. The van der Waals surface area contributed by atoms with Gasteiger partial charge in [0.05, 0.1) is 0 Å². The molecule has 4 aromatic carbocycles. The van der Waals surface area contributed by atoms with Crippen molar-refractivity contribution in [3.63, 3.8) is 0 Å². The quantitative estimate of drug-likeness (QED) is 0.194. The zero-order chi connectivity index (χ0) is 27.0. The van der Waals surface area contributed by atoms with Crippen molar-refractivity contribution in [1.82, 2.24) is 10.2 Å². The minimum Gasteiger partial charge on any atom is -0.405 e. The fourth-order valence-corrected chi connectivity index (χ4v) is 8.98. The Hall–Kier alpha value is -3.14. The lowest BCUT2D eigenvalue weighted by Gasteiger charge is -2.33. The van der Waals surface area contributed by atoms with Gasteiger partial charge < -0.3 is 9.05 Å². The van der Waals surface area contributed by atoms with E-state index in [2.05, 4.69) is 10.2 Å². The summed E-state index contributed by atoms with van der Waals surface area (Å²) in [4.78, 5) is 0. The third-order valence-electron chi connectivity index (χ3n) is 6.90. The lowest BCUT2D eigenvalue weighted by atomic mass is 9.86. The minimum atomic E-state index is -3.73. The van der Waals surface area contributed by atoms with Gasteiger partial charge in [0.15, 0.2) is 0 Å². The van der Waals surface area contributed by atoms with Crippen LogP contribution in [0.15, 0.2) is 121 Å². The summed E-state index contributed by atoms with van der Waals surface area (Å²) in [6.07, 6.45) is 3.57.